The van der Waals surface area contributed by atoms with Crippen molar-refractivity contribution in [3.05, 3.63) is 47.1 Å². The molecule has 5 heteroatoms. The molecule has 4 nitrogen and oxygen atoms in total. The topological polar surface area (TPSA) is 48.3 Å². The number of rotatable bonds is 4. The van der Waals surface area contributed by atoms with E-state index >= 15 is 0 Å². The molecular weight excluding hydrogens is 454 g/mol. The Morgan fingerprint density at radius 3 is 2.52 bits per heavy atom. The summed E-state index contributed by atoms with van der Waals surface area (Å²) >= 11 is 3.71. The van der Waals surface area contributed by atoms with Crippen molar-refractivity contribution in [3.63, 3.8) is 0 Å². The molecule has 0 aliphatic heterocycles. The maximum Gasteiger partial charge on any atom is 0.311 e. The molecular formula is C26H34BrNO3. The molecule has 0 unspecified atom stereocenters. The van der Waals surface area contributed by atoms with Crippen molar-refractivity contribution in [2.45, 2.75) is 65.9 Å². The van der Waals surface area contributed by atoms with Gasteiger partial charge in [-0.15, -0.1) is 6.58 Å². The van der Waals surface area contributed by atoms with E-state index in [2.05, 4.69) is 53.2 Å². The summed E-state index contributed by atoms with van der Waals surface area (Å²) in [6, 6.07) is 6.14. The predicted octanol–water partition coefficient (Wildman–Crippen LogP) is 6.35. The molecule has 1 saturated carbocycles. The monoisotopic (exact) mass is 487 g/mol. The van der Waals surface area contributed by atoms with E-state index in [4.69, 9.17) is 4.74 Å². The third-order valence-corrected chi connectivity index (χ3v) is 7.65. The Morgan fingerprint density at radius 2 is 1.94 bits per heavy atom. The predicted molar refractivity (Wildman–Crippen MR) is 129 cm³/mol. The second kappa shape index (κ2) is 7.91. The van der Waals surface area contributed by atoms with Crippen LogP contribution < -0.4 is 0 Å². The van der Waals surface area contributed by atoms with Crippen molar-refractivity contribution < 1.29 is 14.3 Å². The van der Waals surface area contributed by atoms with Gasteiger partial charge in [0.1, 0.15) is 11.9 Å². The van der Waals surface area contributed by atoms with E-state index in [1.807, 2.05) is 46.9 Å². The summed E-state index contributed by atoms with van der Waals surface area (Å²) < 4.78 is 9.14. The number of ether oxygens (including phenoxy) is 1. The zero-order valence-corrected chi connectivity index (χ0v) is 21.3. The highest BCUT2D eigenvalue weighted by Crippen LogP contribution is 2.49. The highest BCUT2D eigenvalue weighted by atomic mass is 79.9. The quantitative estimate of drug-likeness (QED) is 0.372. The Labute approximate surface area is 194 Å². The van der Waals surface area contributed by atoms with Gasteiger partial charge >= 0.3 is 5.97 Å². The van der Waals surface area contributed by atoms with Gasteiger partial charge in [-0.05, 0) is 44.9 Å². The molecule has 1 aliphatic carbocycles. The van der Waals surface area contributed by atoms with Gasteiger partial charge in [0.2, 0.25) is 0 Å². The first-order chi connectivity index (χ1) is 14.2. The maximum absolute atomic E-state index is 13.4. The number of aromatic nitrogens is 1. The number of benzene rings is 1. The Kier molecular flexibility index (Phi) is 6.07. The van der Waals surface area contributed by atoms with Crippen molar-refractivity contribution >= 4 is 38.6 Å². The number of ketones is 1. The van der Waals surface area contributed by atoms with Crippen LogP contribution in [0.5, 0.6) is 0 Å². The highest BCUT2D eigenvalue weighted by molar-refractivity contribution is 9.10. The molecule has 0 bridgehead atoms. The number of hydrogen-bond donors (Lipinski definition) is 0. The molecule has 1 aliphatic rings. The molecule has 1 fully saturated rings. The van der Waals surface area contributed by atoms with Crippen LogP contribution in [0.15, 0.2) is 41.5 Å². The maximum atomic E-state index is 13.4. The SMILES string of the molecule is C=C[C@@]1(C)CC(=O)[C@@H](C(C)(C)c2cn(C)c3cccc(Br)c23)C[C@@H]1OC(=O)C(C)(C)C. The second-order valence-electron chi connectivity index (χ2n) is 10.8. The summed E-state index contributed by atoms with van der Waals surface area (Å²) in [5.74, 6) is -0.320. The van der Waals surface area contributed by atoms with E-state index in [1.165, 1.54) is 0 Å². The molecule has 0 radical (unpaired) electrons. The van der Waals surface area contributed by atoms with Gasteiger partial charge in [0, 0.05) is 51.8 Å². The molecule has 0 spiro atoms. The summed E-state index contributed by atoms with van der Waals surface area (Å²) in [6.45, 7) is 15.7. The summed E-state index contributed by atoms with van der Waals surface area (Å²) in [5.41, 5.74) is 0.639. The minimum absolute atomic E-state index is 0.194. The van der Waals surface area contributed by atoms with E-state index in [0.29, 0.717) is 12.8 Å². The van der Waals surface area contributed by atoms with Crippen molar-refractivity contribution in [2.75, 3.05) is 0 Å². The number of fused-ring (bicyclic) bond motifs is 1. The Balaban J connectivity index is 2.04. The van der Waals surface area contributed by atoms with E-state index in [0.717, 1.165) is 20.9 Å². The minimum Gasteiger partial charge on any atom is -0.461 e. The fourth-order valence-corrected chi connectivity index (χ4v) is 5.26. The third kappa shape index (κ3) is 4.13. The number of Topliss-reactive ketones (excluding diaryl/α,β-unsaturated/α-hetero) is 1. The first-order valence-electron chi connectivity index (χ1n) is 10.8. The summed E-state index contributed by atoms with van der Waals surface area (Å²) in [7, 11) is 2.03. The zero-order chi connectivity index (χ0) is 23.4. The molecule has 1 aromatic heterocycles. The summed E-state index contributed by atoms with van der Waals surface area (Å²) in [4.78, 5) is 26.2. The van der Waals surface area contributed by atoms with Gasteiger partial charge in [-0.3, -0.25) is 9.59 Å². The van der Waals surface area contributed by atoms with Gasteiger partial charge in [0.15, 0.2) is 0 Å². The number of hydrogen-bond acceptors (Lipinski definition) is 3. The first-order valence-corrected chi connectivity index (χ1v) is 11.6. The van der Waals surface area contributed by atoms with Gasteiger partial charge in [-0.1, -0.05) is 48.8 Å². The largest absolute Gasteiger partial charge is 0.461 e. The lowest BCUT2D eigenvalue weighted by Gasteiger charge is -2.46. The van der Waals surface area contributed by atoms with Gasteiger partial charge < -0.3 is 9.30 Å². The van der Waals surface area contributed by atoms with Gasteiger partial charge in [-0.25, -0.2) is 0 Å². The Morgan fingerprint density at radius 1 is 1.29 bits per heavy atom. The van der Waals surface area contributed by atoms with Crippen LogP contribution in [0.25, 0.3) is 10.9 Å². The number of carbonyl (C=O) groups excluding carboxylic acids is 2. The molecule has 1 heterocycles. The lowest BCUT2D eigenvalue weighted by molar-refractivity contribution is -0.170. The molecule has 3 atom stereocenters. The first kappa shape index (κ1) is 23.8. The van der Waals surface area contributed by atoms with Crippen LogP contribution >= 0.6 is 15.9 Å². The minimum atomic E-state index is -0.602. The molecule has 2 aromatic rings. The van der Waals surface area contributed by atoms with Gasteiger partial charge in [0.05, 0.1) is 5.41 Å². The highest BCUT2D eigenvalue weighted by Gasteiger charge is 2.50. The number of carbonyl (C=O) groups is 2. The molecule has 31 heavy (non-hydrogen) atoms. The number of aryl methyl sites for hydroxylation is 1. The smallest absolute Gasteiger partial charge is 0.311 e. The van der Waals surface area contributed by atoms with Crippen LogP contribution in [0.3, 0.4) is 0 Å². The molecule has 0 N–H and O–H groups in total. The van der Waals surface area contributed by atoms with Gasteiger partial charge in [-0.2, -0.15) is 0 Å². The lowest BCUT2D eigenvalue weighted by atomic mass is 9.60. The number of halogens is 1. The van der Waals surface area contributed by atoms with E-state index in [9.17, 15) is 9.59 Å². The lowest BCUT2D eigenvalue weighted by Crippen LogP contribution is -2.50. The average Bonchev–Trinajstić information content (AvgIpc) is 3.02. The van der Waals surface area contributed by atoms with Gasteiger partial charge in [0.25, 0.3) is 0 Å². The number of nitrogens with zero attached hydrogens (tertiary/aromatic N) is 1. The number of esters is 1. The average molecular weight is 488 g/mol. The van der Waals surface area contributed by atoms with Crippen LogP contribution in [0.2, 0.25) is 0 Å². The van der Waals surface area contributed by atoms with Crippen LogP contribution in [-0.2, 0) is 26.8 Å². The van der Waals surface area contributed by atoms with Crippen molar-refractivity contribution in [3.8, 4) is 0 Å². The van der Waals surface area contributed by atoms with E-state index in [1.54, 1.807) is 6.08 Å². The van der Waals surface area contributed by atoms with E-state index in [-0.39, 0.29) is 17.7 Å². The fourth-order valence-electron chi connectivity index (χ4n) is 4.69. The van der Waals surface area contributed by atoms with Crippen LogP contribution in [0.1, 0.15) is 59.9 Å². The second-order valence-corrected chi connectivity index (χ2v) is 11.6. The normalized spacial score (nSPS) is 25.0. The van der Waals surface area contributed by atoms with E-state index < -0.39 is 22.3 Å². The Bertz CT molecular complexity index is 1040. The molecule has 0 amide bonds. The molecule has 1 aromatic carbocycles. The molecule has 3 rings (SSSR count). The standard InChI is InChI=1S/C26H34BrNO3/c1-9-26(7)14-20(29)16(13-21(26)31-23(30)24(2,3)4)25(5,6)17-15-28(8)19-12-10-11-18(27)22(17)19/h9-12,15-16,21H,1,13-14H2,2-8H3/t16-,21-,26-/m0/s1. The summed E-state index contributed by atoms with van der Waals surface area (Å²) in [6.07, 6.45) is 4.32. The van der Waals surface area contributed by atoms with Crippen LogP contribution in [-0.4, -0.2) is 22.4 Å². The Hall–Kier alpha value is -1.88. The van der Waals surface area contributed by atoms with Crippen molar-refractivity contribution in [1.29, 1.82) is 0 Å². The molecule has 168 valence electrons. The van der Waals surface area contributed by atoms with Crippen molar-refractivity contribution in [2.24, 2.45) is 23.8 Å². The third-order valence-electron chi connectivity index (χ3n) is 6.99. The molecule has 0 saturated heterocycles. The van der Waals surface area contributed by atoms with Crippen LogP contribution in [0, 0.1) is 16.7 Å². The van der Waals surface area contributed by atoms with Crippen LogP contribution in [0.4, 0.5) is 0 Å². The summed E-state index contributed by atoms with van der Waals surface area (Å²) in [5, 5.41) is 1.13. The zero-order valence-electron chi connectivity index (χ0n) is 19.7. The van der Waals surface area contributed by atoms with Crippen molar-refractivity contribution in [1.82, 2.24) is 4.57 Å². The fraction of sp³-hybridized carbons (Fsp3) is 0.538.